The van der Waals surface area contributed by atoms with E-state index in [1.165, 1.54) is 32.1 Å². The number of methoxy groups -OCH3 is 1. The molecule has 0 amide bonds. The van der Waals surface area contributed by atoms with E-state index in [4.69, 9.17) is 4.74 Å². The minimum absolute atomic E-state index is 0.489. The average Bonchev–Trinajstić information content (AvgIpc) is 1.99. The van der Waals surface area contributed by atoms with Crippen LogP contribution in [0.2, 0.25) is 0 Å². The molecule has 2 aliphatic carbocycles. The fraction of sp³-hybridized carbons (Fsp3) is 1.00. The highest BCUT2D eigenvalue weighted by Gasteiger charge is 2.40. The van der Waals surface area contributed by atoms with Gasteiger partial charge in [-0.25, -0.2) is 0 Å². The number of ether oxygens (including phenoxy) is 1. The smallest absolute Gasteiger partial charge is 0.0516 e. The van der Waals surface area contributed by atoms with E-state index in [1.54, 1.807) is 0 Å². The summed E-state index contributed by atoms with van der Waals surface area (Å²) in [5.74, 6) is 2.97. The van der Waals surface area contributed by atoms with Crippen molar-refractivity contribution in [2.24, 2.45) is 23.2 Å². The number of hydrogen-bond acceptors (Lipinski definition) is 1. The zero-order valence-corrected chi connectivity index (χ0v) is 9.88. The molecular weight excluding hydrogens is 172 g/mol. The van der Waals surface area contributed by atoms with E-state index in [2.05, 4.69) is 13.8 Å². The second kappa shape index (κ2) is 3.84. The molecule has 2 atom stereocenters. The summed E-state index contributed by atoms with van der Waals surface area (Å²) >= 11 is 0. The second-order valence-corrected chi connectivity index (χ2v) is 6.20. The van der Waals surface area contributed by atoms with E-state index in [0.29, 0.717) is 5.41 Å². The third kappa shape index (κ3) is 2.13. The molecule has 14 heavy (non-hydrogen) atoms. The first-order valence-electron chi connectivity index (χ1n) is 6.10. The van der Waals surface area contributed by atoms with Crippen LogP contribution in [0.15, 0.2) is 0 Å². The Hall–Kier alpha value is -0.0400. The van der Waals surface area contributed by atoms with Crippen LogP contribution in [0.1, 0.15) is 46.0 Å². The fourth-order valence-corrected chi connectivity index (χ4v) is 4.17. The Morgan fingerprint density at radius 1 is 1.14 bits per heavy atom. The van der Waals surface area contributed by atoms with Gasteiger partial charge in [-0.3, -0.25) is 0 Å². The third-order valence-corrected chi connectivity index (χ3v) is 4.19. The Bertz CT molecular complexity index is 181. The third-order valence-electron chi connectivity index (χ3n) is 4.19. The van der Waals surface area contributed by atoms with Crippen molar-refractivity contribution in [3.63, 3.8) is 0 Å². The lowest BCUT2D eigenvalue weighted by atomic mass is 9.60. The van der Waals surface area contributed by atoms with Gasteiger partial charge in [-0.05, 0) is 55.3 Å². The molecule has 0 N–H and O–H groups in total. The van der Waals surface area contributed by atoms with Crippen molar-refractivity contribution in [3.05, 3.63) is 0 Å². The minimum Gasteiger partial charge on any atom is -0.384 e. The van der Waals surface area contributed by atoms with Crippen molar-refractivity contribution in [3.8, 4) is 0 Å². The Morgan fingerprint density at radius 2 is 1.71 bits per heavy atom. The van der Waals surface area contributed by atoms with Crippen LogP contribution in [0.3, 0.4) is 0 Å². The summed E-state index contributed by atoms with van der Waals surface area (Å²) in [5.41, 5.74) is 0.489. The molecule has 0 saturated heterocycles. The van der Waals surface area contributed by atoms with Gasteiger partial charge in [0.15, 0.2) is 0 Å². The quantitative estimate of drug-likeness (QED) is 0.657. The molecule has 2 aliphatic rings. The molecule has 0 spiro atoms. The van der Waals surface area contributed by atoms with Crippen molar-refractivity contribution < 1.29 is 4.74 Å². The van der Waals surface area contributed by atoms with E-state index in [1.807, 2.05) is 7.11 Å². The van der Waals surface area contributed by atoms with Gasteiger partial charge in [0, 0.05) is 7.11 Å². The lowest BCUT2D eigenvalue weighted by molar-refractivity contribution is -0.00782. The summed E-state index contributed by atoms with van der Waals surface area (Å²) in [7, 11) is 1.85. The van der Waals surface area contributed by atoms with Gasteiger partial charge in [0.05, 0.1) is 6.61 Å². The number of rotatable bonds is 2. The maximum atomic E-state index is 5.38. The number of hydrogen-bond donors (Lipinski definition) is 0. The highest BCUT2D eigenvalue weighted by molar-refractivity contribution is 4.91. The molecule has 0 aromatic carbocycles. The predicted molar refractivity (Wildman–Crippen MR) is 59.2 cm³/mol. The second-order valence-electron chi connectivity index (χ2n) is 6.20. The molecule has 2 rings (SSSR count). The van der Waals surface area contributed by atoms with Crippen LogP contribution in [0.25, 0.3) is 0 Å². The van der Waals surface area contributed by atoms with Gasteiger partial charge in [-0.15, -0.1) is 0 Å². The first-order valence-corrected chi connectivity index (χ1v) is 6.10. The Labute approximate surface area is 88.2 Å². The standard InChI is InChI=1S/C13H24O/c1-10-4-11-6-12(5-10)8-13(2,7-11)9-14-3/h10-12H,4-9H2,1-3H3. The molecule has 0 heterocycles. The van der Waals surface area contributed by atoms with Gasteiger partial charge in [-0.1, -0.05) is 13.8 Å². The van der Waals surface area contributed by atoms with E-state index >= 15 is 0 Å². The summed E-state index contributed by atoms with van der Waals surface area (Å²) in [6.07, 6.45) is 7.25. The molecule has 2 fully saturated rings. The van der Waals surface area contributed by atoms with Gasteiger partial charge >= 0.3 is 0 Å². The molecule has 2 unspecified atom stereocenters. The van der Waals surface area contributed by atoms with E-state index in [9.17, 15) is 0 Å². The molecule has 0 radical (unpaired) electrons. The zero-order chi connectivity index (χ0) is 10.2. The van der Waals surface area contributed by atoms with E-state index < -0.39 is 0 Å². The van der Waals surface area contributed by atoms with Crippen LogP contribution in [-0.4, -0.2) is 13.7 Å². The van der Waals surface area contributed by atoms with Crippen molar-refractivity contribution in [1.82, 2.24) is 0 Å². The summed E-state index contributed by atoms with van der Waals surface area (Å²) in [6, 6.07) is 0. The fourth-order valence-electron chi connectivity index (χ4n) is 4.17. The molecule has 0 aromatic rings. The van der Waals surface area contributed by atoms with Crippen molar-refractivity contribution in [2.75, 3.05) is 13.7 Å². The summed E-state index contributed by atoms with van der Waals surface area (Å²) in [5, 5.41) is 0. The molecular formula is C13H24O. The Kier molecular flexibility index (Phi) is 2.88. The molecule has 1 nitrogen and oxygen atoms in total. The molecule has 1 heteroatoms. The van der Waals surface area contributed by atoms with Crippen LogP contribution in [0, 0.1) is 23.2 Å². The average molecular weight is 196 g/mol. The topological polar surface area (TPSA) is 9.23 Å². The van der Waals surface area contributed by atoms with Gasteiger partial charge in [0.1, 0.15) is 0 Å². The van der Waals surface area contributed by atoms with Gasteiger partial charge in [-0.2, -0.15) is 0 Å². The molecule has 2 saturated carbocycles. The maximum absolute atomic E-state index is 5.38. The summed E-state index contributed by atoms with van der Waals surface area (Å²) < 4.78 is 5.38. The highest BCUT2D eigenvalue weighted by atomic mass is 16.5. The van der Waals surface area contributed by atoms with Crippen LogP contribution in [0.4, 0.5) is 0 Å². The SMILES string of the molecule is COCC1(C)CC2CC(C)CC(C2)C1. The zero-order valence-electron chi connectivity index (χ0n) is 9.88. The lowest BCUT2D eigenvalue weighted by Gasteiger charge is -2.47. The van der Waals surface area contributed by atoms with Crippen molar-refractivity contribution in [2.45, 2.75) is 46.0 Å². The summed E-state index contributed by atoms with van der Waals surface area (Å²) in [6.45, 7) is 5.82. The normalized spacial score (nSPS) is 47.8. The molecule has 0 aromatic heterocycles. The minimum atomic E-state index is 0.489. The van der Waals surface area contributed by atoms with Gasteiger partial charge < -0.3 is 4.74 Å². The van der Waals surface area contributed by atoms with Gasteiger partial charge in [0.2, 0.25) is 0 Å². The molecule has 0 aliphatic heterocycles. The van der Waals surface area contributed by atoms with Crippen LogP contribution >= 0.6 is 0 Å². The van der Waals surface area contributed by atoms with Crippen molar-refractivity contribution >= 4 is 0 Å². The first kappa shape index (κ1) is 10.5. The first-order chi connectivity index (χ1) is 6.61. The predicted octanol–water partition coefficient (Wildman–Crippen LogP) is 3.49. The van der Waals surface area contributed by atoms with Crippen molar-refractivity contribution in [1.29, 1.82) is 0 Å². The Balaban J connectivity index is 2.01. The molecule has 82 valence electrons. The maximum Gasteiger partial charge on any atom is 0.0516 e. The highest BCUT2D eigenvalue weighted by Crippen LogP contribution is 2.50. The monoisotopic (exact) mass is 196 g/mol. The van der Waals surface area contributed by atoms with Crippen LogP contribution < -0.4 is 0 Å². The molecule has 2 bridgehead atoms. The van der Waals surface area contributed by atoms with E-state index in [0.717, 1.165) is 24.4 Å². The Morgan fingerprint density at radius 3 is 2.21 bits per heavy atom. The van der Waals surface area contributed by atoms with Crippen LogP contribution in [-0.2, 0) is 4.74 Å². The summed E-state index contributed by atoms with van der Waals surface area (Å²) in [4.78, 5) is 0. The number of fused-ring (bicyclic) bond motifs is 2. The lowest BCUT2D eigenvalue weighted by Crippen LogP contribution is -2.38. The van der Waals surface area contributed by atoms with E-state index in [-0.39, 0.29) is 0 Å². The van der Waals surface area contributed by atoms with Crippen LogP contribution in [0.5, 0.6) is 0 Å². The van der Waals surface area contributed by atoms with Gasteiger partial charge in [0.25, 0.3) is 0 Å². The largest absolute Gasteiger partial charge is 0.384 e.